The topological polar surface area (TPSA) is 53.4 Å². The van der Waals surface area contributed by atoms with E-state index in [0.717, 1.165) is 35.9 Å². The van der Waals surface area contributed by atoms with Crippen LogP contribution in [0.3, 0.4) is 0 Å². The Morgan fingerprint density at radius 3 is 3.10 bits per heavy atom. The molecule has 1 saturated heterocycles. The highest BCUT2D eigenvalue weighted by Gasteiger charge is 2.28. The van der Waals surface area contributed by atoms with Crippen molar-refractivity contribution in [3.8, 4) is 0 Å². The van der Waals surface area contributed by atoms with E-state index in [1.54, 1.807) is 12.3 Å². The molecule has 0 aliphatic carbocycles. The molecular weight excluding hydrogens is 271 g/mol. The Morgan fingerprint density at radius 2 is 2.29 bits per heavy atom. The van der Waals surface area contributed by atoms with Crippen molar-refractivity contribution >= 4 is 16.9 Å². The normalized spacial score (nSPS) is 19.8. The quantitative estimate of drug-likeness (QED) is 0.943. The van der Waals surface area contributed by atoms with Crippen molar-refractivity contribution in [2.24, 2.45) is 0 Å². The van der Waals surface area contributed by atoms with Crippen molar-refractivity contribution in [2.75, 3.05) is 6.54 Å². The zero-order valence-electron chi connectivity index (χ0n) is 11.6. The Kier molecular flexibility index (Phi) is 3.84. The summed E-state index contributed by atoms with van der Waals surface area (Å²) in [5, 5.41) is 10.1. The Balaban J connectivity index is 1.95. The van der Waals surface area contributed by atoms with Gasteiger partial charge in [0.25, 0.3) is 0 Å². The van der Waals surface area contributed by atoms with E-state index in [1.165, 1.54) is 12.1 Å². The number of rotatable bonds is 3. The van der Waals surface area contributed by atoms with Gasteiger partial charge in [0, 0.05) is 18.1 Å². The number of carboxylic acid groups (broad SMARTS) is 1. The van der Waals surface area contributed by atoms with Crippen LogP contribution in [0.1, 0.15) is 24.8 Å². The molecule has 5 heteroatoms. The van der Waals surface area contributed by atoms with Crippen LogP contribution in [0.2, 0.25) is 0 Å². The molecule has 1 aliphatic heterocycles. The van der Waals surface area contributed by atoms with Crippen LogP contribution in [-0.4, -0.2) is 33.5 Å². The van der Waals surface area contributed by atoms with Crippen LogP contribution in [0.4, 0.5) is 4.39 Å². The van der Waals surface area contributed by atoms with Gasteiger partial charge in [0.05, 0.1) is 5.52 Å². The number of fused-ring (bicyclic) bond motifs is 1. The number of aromatic nitrogens is 1. The molecule has 2 heterocycles. The Bertz CT molecular complexity index is 674. The van der Waals surface area contributed by atoms with Crippen molar-refractivity contribution in [2.45, 2.75) is 31.8 Å². The number of piperidine rings is 1. The molecule has 4 nitrogen and oxygen atoms in total. The molecule has 0 bridgehead atoms. The van der Waals surface area contributed by atoms with E-state index < -0.39 is 12.0 Å². The van der Waals surface area contributed by atoms with Gasteiger partial charge >= 0.3 is 5.97 Å². The smallest absolute Gasteiger partial charge is 0.320 e. The molecule has 1 atom stereocenters. The average molecular weight is 288 g/mol. The summed E-state index contributed by atoms with van der Waals surface area (Å²) in [5.41, 5.74) is 1.49. The standard InChI is InChI=1S/C16H17FN2O2/c17-13-8-11-4-3-6-18-15(11)12(9-13)10-19-7-2-1-5-14(19)16(20)21/h3-4,6,8-9,14H,1-2,5,7,10H2,(H,20,21). The van der Waals surface area contributed by atoms with E-state index in [0.29, 0.717) is 13.0 Å². The second-order valence-electron chi connectivity index (χ2n) is 5.46. The van der Waals surface area contributed by atoms with Gasteiger partial charge in [-0.05, 0) is 43.1 Å². The molecule has 1 aliphatic rings. The Morgan fingerprint density at radius 1 is 1.43 bits per heavy atom. The zero-order chi connectivity index (χ0) is 14.8. The Hall–Kier alpha value is -2.01. The monoisotopic (exact) mass is 288 g/mol. The van der Waals surface area contributed by atoms with Crippen LogP contribution in [0.15, 0.2) is 30.5 Å². The SMILES string of the molecule is O=C(O)C1CCCCN1Cc1cc(F)cc2cccnc12. The molecule has 1 unspecified atom stereocenters. The van der Waals surface area contributed by atoms with Crippen LogP contribution in [0.25, 0.3) is 10.9 Å². The highest BCUT2D eigenvalue weighted by Crippen LogP contribution is 2.24. The van der Waals surface area contributed by atoms with E-state index >= 15 is 0 Å². The number of carboxylic acids is 1. The van der Waals surface area contributed by atoms with E-state index in [-0.39, 0.29) is 5.82 Å². The number of aliphatic carboxylic acids is 1. The van der Waals surface area contributed by atoms with Gasteiger partial charge in [0.1, 0.15) is 11.9 Å². The number of halogens is 1. The lowest BCUT2D eigenvalue weighted by Crippen LogP contribution is -2.44. The van der Waals surface area contributed by atoms with Crippen LogP contribution in [0, 0.1) is 5.82 Å². The van der Waals surface area contributed by atoms with Gasteiger partial charge in [-0.25, -0.2) is 4.39 Å². The number of pyridine rings is 1. The number of hydrogen-bond donors (Lipinski definition) is 1. The molecule has 1 fully saturated rings. The summed E-state index contributed by atoms with van der Waals surface area (Å²) < 4.78 is 13.7. The molecule has 0 saturated carbocycles. The Labute approximate surface area is 122 Å². The van der Waals surface area contributed by atoms with Gasteiger partial charge in [-0.3, -0.25) is 14.7 Å². The van der Waals surface area contributed by atoms with Gasteiger partial charge in [-0.1, -0.05) is 12.5 Å². The zero-order valence-corrected chi connectivity index (χ0v) is 11.6. The van der Waals surface area contributed by atoms with Gasteiger partial charge < -0.3 is 5.11 Å². The number of carbonyl (C=O) groups is 1. The minimum Gasteiger partial charge on any atom is -0.480 e. The second-order valence-corrected chi connectivity index (χ2v) is 5.46. The van der Waals surface area contributed by atoms with Crippen LogP contribution >= 0.6 is 0 Å². The third-order valence-corrected chi connectivity index (χ3v) is 4.02. The van der Waals surface area contributed by atoms with E-state index in [9.17, 15) is 14.3 Å². The van der Waals surface area contributed by atoms with Gasteiger partial charge in [-0.15, -0.1) is 0 Å². The second kappa shape index (κ2) is 5.77. The van der Waals surface area contributed by atoms with Crippen molar-refractivity contribution in [1.29, 1.82) is 0 Å². The summed E-state index contributed by atoms with van der Waals surface area (Å²) >= 11 is 0. The number of benzene rings is 1. The highest BCUT2D eigenvalue weighted by molar-refractivity contribution is 5.81. The largest absolute Gasteiger partial charge is 0.480 e. The fourth-order valence-electron chi connectivity index (χ4n) is 3.03. The van der Waals surface area contributed by atoms with Crippen LogP contribution < -0.4 is 0 Å². The molecule has 3 rings (SSSR count). The number of hydrogen-bond acceptors (Lipinski definition) is 3. The van der Waals surface area contributed by atoms with Gasteiger partial charge in [0.2, 0.25) is 0 Å². The fraction of sp³-hybridized carbons (Fsp3) is 0.375. The summed E-state index contributed by atoms with van der Waals surface area (Å²) in [6.07, 6.45) is 4.23. The summed E-state index contributed by atoms with van der Waals surface area (Å²) in [4.78, 5) is 17.6. The third kappa shape index (κ3) is 2.88. The van der Waals surface area contributed by atoms with Crippen molar-refractivity contribution < 1.29 is 14.3 Å². The summed E-state index contributed by atoms with van der Waals surface area (Å²) in [5.74, 6) is -1.11. The van der Waals surface area contributed by atoms with Crippen molar-refractivity contribution in [3.63, 3.8) is 0 Å². The minimum atomic E-state index is -0.802. The first-order valence-corrected chi connectivity index (χ1v) is 7.15. The molecule has 1 N–H and O–H groups in total. The molecular formula is C16H17FN2O2. The summed E-state index contributed by atoms with van der Waals surface area (Å²) in [7, 11) is 0. The first-order chi connectivity index (χ1) is 10.1. The maximum atomic E-state index is 13.7. The summed E-state index contributed by atoms with van der Waals surface area (Å²) in [6.45, 7) is 1.14. The number of likely N-dealkylation sites (tertiary alicyclic amines) is 1. The number of nitrogens with zero attached hydrogens (tertiary/aromatic N) is 2. The lowest BCUT2D eigenvalue weighted by Gasteiger charge is -2.33. The third-order valence-electron chi connectivity index (χ3n) is 4.02. The first kappa shape index (κ1) is 13.9. The van der Waals surface area contributed by atoms with Crippen LogP contribution in [0.5, 0.6) is 0 Å². The summed E-state index contributed by atoms with van der Waals surface area (Å²) in [6, 6.07) is 6.02. The van der Waals surface area contributed by atoms with Crippen molar-refractivity contribution in [1.82, 2.24) is 9.88 Å². The lowest BCUT2D eigenvalue weighted by molar-refractivity contribution is -0.144. The van der Waals surface area contributed by atoms with E-state index in [1.807, 2.05) is 11.0 Å². The van der Waals surface area contributed by atoms with E-state index in [4.69, 9.17) is 0 Å². The molecule has 0 radical (unpaired) electrons. The maximum absolute atomic E-state index is 13.7. The highest BCUT2D eigenvalue weighted by atomic mass is 19.1. The van der Waals surface area contributed by atoms with Gasteiger partial charge in [0.15, 0.2) is 0 Å². The predicted octanol–water partition coefficient (Wildman–Crippen LogP) is 2.81. The molecule has 0 spiro atoms. The van der Waals surface area contributed by atoms with Gasteiger partial charge in [-0.2, -0.15) is 0 Å². The molecule has 1 aromatic heterocycles. The predicted molar refractivity (Wildman–Crippen MR) is 77.4 cm³/mol. The van der Waals surface area contributed by atoms with Crippen molar-refractivity contribution in [3.05, 3.63) is 41.8 Å². The molecule has 1 aromatic carbocycles. The molecule has 21 heavy (non-hydrogen) atoms. The fourth-order valence-corrected chi connectivity index (χ4v) is 3.03. The average Bonchev–Trinajstić information content (AvgIpc) is 2.47. The van der Waals surface area contributed by atoms with Crippen LogP contribution in [-0.2, 0) is 11.3 Å². The first-order valence-electron chi connectivity index (χ1n) is 7.15. The maximum Gasteiger partial charge on any atom is 0.320 e. The molecule has 0 amide bonds. The minimum absolute atomic E-state index is 0.311. The molecule has 2 aromatic rings. The molecule has 110 valence electrons. The van der Waals surface area contributed by atoms with E-state index in [2.05, 4.69) is 4.98 Å². The lowest BCUT2D eigenvalue weighted by atomic mass is 10.0.